The molecule has 53 heteroatoms. The third kappa shape index (κ3) is 47.9. The van der Waals surface area contributed by atoms with Gasteiger partial charge < -0.3 is 193 Å². The zero-order valence-electron chi connectivity index (χ0n) is 83.2. The molecular weight excluding hydrogens is 1980 g/mol. The van der Waals surface area contributed by atoms with Crippen LogP contribution in [-0.2, 0) is 121 Å². The minimum absolute atomic E-state index is 0.0169. The number of aliphatic hydroxyl groups excluding tert-OH is 12. The molecule has 0 spiro atoms. The summed E-state index contributed by atoms with van der Waals surface area (Å²) in [5, 5.41) is 159. The predicted molar refractivity (Wildman–Crippen MR) is 520 cm³/mol. The van der Waals surface area contributed by atoms with E-state index < -0.39 is 209 Å². The van der Waals surface area contributed by atoms with Gasteiger partial charge in [0.15, 0.2) is 24.7 Å². The van der Waals surface area contributed by atoms with Gasteiger partial charge in [0, 0.05) is 152 Å². The van der Waals surface area contributed by atoms with Crippen LogP contribution in [0.4, 0.5) is 4.79 Å². The van der Waals surface area contributed by atoms with Gasteiger partial charge in [-0.3, -0.25) is 62.3 Å². The van der Waals surface area contributed by atoms with Crippen molar-refractivity contribution < 1.29 is 185 Å². The van der Waals surface area contributed by atoms with E-state index in [1.165, 1.54) is 0 Å². The molecule has 26 N–H and O–H groups in total. The number of thioether (sulfide) groups is 1. The van der Waals surface area contributed by atoms with Crippen LogP contribution < -0.4 is 74.4 Å². The van der Waals surface area contributed by atoms with Crippen molar-refractivity contribution in [3.8, 4) is 0 Å². The van der Waals surface area contributed by atoms with Crippen LogP contribution in [0, 0.1) is 0 Å². The maximum atomic E-state index is 14.6. The molecule has 0 saturated carbocycles. The van der Waals surface area contributed by atoms with Crippen molar-refractivity contribution >= 4 is 94.5 Å². The number of aliphatic hydroxyl groups is 12. The zero-order valence-corrected chi connectivity index (χ0v) is 84.0. The highest BCUT2D eigenvalue weighted by Crippen LogP contribution is 2.34. The van der Waals surface area contributed by atoms with E-state index >= 15 is 0 Å². The highest BCUT2D eigenvalue weighted by atomic mass is 32.2. The van der Waals surface area contributed by atoms with Gasteiger partial charge in [-0.1, -0.05) is 61.0 Å². The van der Waals surface area contributed by atoms with Crippen LogP contribution in [0.15, 0.2) is 54.6 Å². The number of benzene rings is 2. The molecule has 2 aromatic carbocycles. The van der Waals surface area contributed by atoms with Crippen molar-refractivity contribution in [1.82, 2.24) is 74.4 Å². The van der Waals surface area contributed by atoms with Crippen molar-refractivity contribution in [3.63, 3.8) is 0 Å². The Labute approximate surface area is 861 Å². The van der Waals surface area contributed by atoms with Crippen LogP contribution in [-0.4, -0.2) is 449 Å². The van der Waals surface area contributed by atoms with E-state index in [0.29, 0.717) is 67.7 Å². The van der Waals surface area contributed by atoms with Gasteiger partial charge in [-0.15, -0.1) is 0 Å². The molecule has 0 aromatic heterocycles. The second-order valence-electron chi connectivity index (χ2n) is 35.6. The molecular formula is C95H152N14O38S. The second kappa shape index (κ2) is 72.0. The summed E-state index contributed by atoms with van der Waals surface area (Å²) < 4.78 is 66.2. The number of nitrogens with one attached hydrogen (secondary N) is 14. The Balaban J connectivity index is 0.868. The average molecular weight is 2130 g/mol. The summed E-state index contributed by atoms with van der Waals surface area (Å²) >= 11 is 1.85. The molecule has 7 rings (SSSR count). The minimum atomic E-state index is -1.73. The predicted octanol–water partition coefficient (Wildman–Crippen LogP) is -8.57. The van der Waals surface area contributed by atoms with E-state index in [1.54, 1.807) is 54.6 Å². The normalized spacial score (nSPS) is 23.6. The molecule has 2 aromatic rings. The number of hydrogen-bond acceptors (Lipinski definition) is 39. The lowest BCUT2D eigenvalue weighted by atomic mass is 9.99. The first-order valence-corrected chi connectivity index (χ1v) is 51.3. The molecule has 0 aliphatic carbocycles. The lowest BCUT2D eigenvalue weighted by molar-refractivity contribution is -0.300. The summed E-state index contributed by atoms with van der Waals surface area (Å²) in [6, 6.07) is 11.3. The Kier molecular flexibility index (Phi) is 61.0. The van der Waals surface area contributed by atoms with Gasteiger partial charge in [0.1, 0.15) is 91.4 Å². The number of ether oxygens (including phenoxy) is 12. The Hall–Kier alpha value is -9.59. The van der Waals surface area contributed by atoms with Crippen molar-refractivity contribution in [2.24, 2.45) is 0 Å². The second-order valence-corrected chi connectivity index (χ2v) is 36.8. The maximum absolute atomic E-state index is 14.6. The molecule has 14 amide bonds. The summed E-state index contributed by atoms with van der Waals surface area (Å²) in [6.07, 6.45) is -21.3. The van der Waals surface area contributed by atoms with E-state index in [0.717, 1.165) is 25.0 Å². The van der Waals surface area contributed by atoms with Gasteiger partial charge in [0.2, 0.25) is 70.9 Å². The topological polar surface area (TPSA) is 761 Å². The molecule has 5 saturated heterocycles. The SMILES string of the molecule is O=C(CCCC[C@@H]1SC[C@@H]2NC(=O)N[C@@H]21)NCCOCCOCCNC(=O)CCC(=O)NCCCOCCOCCOCCCNC(=O)[C@H](CCCCNC(=O)[C@H](COCc1ccc(C(=O)c2ccccc2)cc1)NC(=O)CCC(=O)NCCO[C@H]1O[C@H](CO)[C@@H](O)[C@H](O)[C@@H]1O)NC(=O)[C@H](CCCCNC(=O)CCC(=O)NCCO[C@H]1O[C@H](CO)[C@@H](O)[C@H](O)[C@@H]1O)NC(=O)CCC(=O)NCCO[C@H]1O[C@H](CO)[C@@H](O)[C@H](O)[C@@H]1O. The summed E-state index contributed by atoms with van der Waals surface area (Å²) in [5.41, 5.74) is 1.47. The van der Waals surface area contributed by atoms with Crippen molar-refractivity contribution in [3.05, 3.63) is 71.3 Å². The number of urea groups is 1. The number of unbranched alkanes of at least 4 members (excludes halogenated alkanes) is 3. The lowest BCUT2D eigenvalue weighted by Crippen LogP contribution is -2.59. The van der Waals surface area contributed by atoms with Crippen molar-refractivity contribution in [2.45, 2.75) is 263 Å². The number of carbonyl (C=O) groups excluding carboxylic acids is 14. The summed E-state index contributed by atoms with van der Waals surface area (Å²) in [5.74, 6) is -6.13. The van der Waals surface area contributed by atoms with E-state index in [2.05, 4.69) is 74.4 Å². The monoisotopic (exact) mass is 2130 g/mol. The lowest BCUT2D eigenvalue weighted by Gasteiger charge is -2.39. The third-order valence-electron chi connectivity index (χ3n) is 24.1. The molecule has 5 heterocycles. The highest BCUT2D eigenvalue weighted by Gasteiger charge is 2.48. The van der Waals surface area contributed by atoms with Crippen LogP contribution >= 0.6 is 11.8 Å². The van der Waals surface area contributed by atoms with Crippen LogP contribution in [0.25, 0.3) is 0 Å². The Morgan fingerprint density at radius 1 is 0.338 bits per heavy atom. The van der Waals surface area contributed by atoms with Gasteiger partial charge in [0.25, 0.3) is 0 Å². The molecule has 0 bridgehead atoms. The molecule has 0 unspecified atom stereocenters. The van der Waals surface area contributed by atoms with Gasteiger partial charge in [-0.2, -0.15) is 11.8 Å². The molecule has 21 atom stereocenters. The smallest absolute Gasteiger partial charge is 0.315 e. The first-order valence-electron chi connectivity index (χ1n) is 50.3. The number of hydrogen-bond donors (Lipinski definition) is 26. The number of amides is 14. The number of fused-ring (bicyclic) bond motifs is 1. The molecule has 148 heavy (non-hydrogen) atoms. The Morgan fingerprint density at radius 2 is 0.696 bits per heavy atom. The molecule has 0 radical (unpaired) electrons. The largest absolute Gasteiger partial charge is 0.394 e. The van der Waals surface area contributed by atoms with E-state index in [-0.39, 0.29) is 237 Å². The van der Waals surface area contributed by atoms with Crippen LogP contribution in [0.2, 0.25) is 0 Å². The van der Waals surface area contributed by atoms with Crippen molar-refractivity contribution in [1.29, 1.82) is 0 Å². The standard InChI is InChI=1S/C95H152N14O38S/c110-52-65-80(123)83(126)86(129)92(145-65)142-43-36-100-73(117)25-22-70(114)96-30-8-6-15-62(105-76(120)28-26-74(118)101-37-44-143-93-87(130)84(127)81(124)66(53-111)146-93)91(134)107-61(14-7-9-31-103-90(133)63(56-141-55-58-18-20-60(21-19-58)79(122)59-12-2-1-3-13-59)106-77(121)29-27-75(119)102-38-45-144-94-88(131)85(128)82(125)67(54-112)147-94)89(132)104-33-11-40-137-47-51-140-50-46-136-39-10-32-97-71(115)23-24-72(116)99-35-42-139-49-48-138-41-34-98-69(113)17-5-4-16-68-78-64(57-148-68)108-95(135)109-78/h1-3,12-13,18-21,61-68,78,80-88,92-94,110-112,123-131H,4-11,14-17,22-57H2,(H,96,114)(H,97,115)(H,98,113)(H,99,116)(H,100,117)(H,101,118)(H,102,119)(H,103,133)(H,104,132)(H,105,120)(H,106,121)(H,107,134)(H2,108,109,135)/t61-,62-,63-,64-,65+,66+,67+,68-,78-,80+,81+,82+,83-,84-,85-,86-,87-,88-,92-,93-,94-/m0/s1. The number of ketones is 1. The van der Waals surface area contributed by atoms with Gasteiger partial charge in [-0.05, 0) is 69.8 Å². The first kappa shape index (κ1) is 125. The van der Waals surface area contributed by atoms with Gasteiger partial charge in [-0.25, -0.2) is 4.79 Å². The molecule has 5 fully saturated rings. The molecule has 836 valence electrons. The maximum Gasteiger partial charge on any atom is 0.315 e. The Bertz CT molecular complexity index is 4290. The summed E-state index contributed by atoms with van der Waals surface area (Å²) in [4.78, 5) is 184. The van der Waals surface area contributed by atoms with Gasteiger partial charge >= 0.3 is 6.03 Å². The molecule has 5 aliphatic rings. The Morgan fingerprint density at radius 3 is 1.14 bits per heavy atom. The van der Waals surface area contributed by atoms with E-state index in [4.69, 9.17) is 56.8 Å². The summed E-state index contributed by atoms with van der Waals surface area (Å²) in [6.45, 7) is -0.555. The van der Waals surface area contributed by atoms with Gasteiger partial charge in [0.05, 0.1) is 118 Å². The zero-order chi connectivity index (χ0) is 107. The van der Waals surface area contributed by atoms with E-state index in [9.17, 15) is 128 Å². The van der Waals surface area contributed by atoms with Crippen molar-refractivity contribution in [2.75, 3.05) is 177 Å². The molecule has 52 nitrogen and oxygen atoms in total. The van der Waals surface area contributed by atoms with E-state index in [1.807, 2.05) is 11.8 Å². The summed E-state index contributed by atoms with van der Waals surface area (Å²) in [7, 11) is 0. The fourth-order valence-electron chi connectivity index (χ4n) is 15.7. The number of rotatable bonds is 77. The van der Waals surface area contributed by atoms with Crippen LogP contribution in [0.5, 0.6) is 0 Å². The van der Waals surface area contributed by atoms with Crippen LogP contribution in [0.1, 0.15) is 150 Å². The number of carbonyl (C=O) groups is 14. The fourth-order valence-corrected chi connectivity index (χ4v) is 17.2. The molecule has 5 aliphatic heterocycles. The average Bonchev–Trinajstić information content (AvgIpc) is 1.65. The quantitative estimate of drug-likeness (QED) is 0.0166. The van der Waals surface area contributed by atoms with Crippen LogP contribution in [0.3, 0.4) is 0 Å². The first-order chi connectivity index (χ1) is 71.4. The fraction of sp³-hybridized carbons (Fsp3) is 0.726. The minimum Gasteiger partial charge on any atom is -0.394 e. The third-order valence-corrected chi connectivity index (χ3v) is 25.6. The highest BCUT2D eigenvalue weighted by molar-refractivity contribution is 8.00.